The number of carbonyl (C=O) groups is 3. The van der Waals surface area contributed by atoms with E-state index in [2.05, 4.69) is 93.7 Å². The summed E-state index contributed by atoms with van der Waals surface area (Å²) in [6.45, 7) is 6.52. The molecule has 6 heteroatoms. The molecule has 6 nitrogen and oxygen atoms in total. The number of hydrogen-bond donors (Lipinski definition) is 0. The van der Waals surface area contributed by atoms with Crippen molar-refractivity contribution in [3.8, 4) is 0 Å². The predicted octanol–water partition coefficient (Wildman–Crippen LogP) is 20.9. The zero-order chi connectivity index (χ0) is 52.2. The summed E-state index contributed by atoms with van der Waals surface area (Å²) in [5.41, 5.74) is 0. The Balaban J connectivity index is 4.34. The Morgan fingerprint density at radius 2 is 0.542 bits per heavy atom. The largest absolute Gasteiger partial charge is 0.462 e. The number of carbonyl (C=O) groups excluding carboxylic acids is 3. The molecule has 0 saturated heterocycles. The van der Waals surface area contributed by atoms with Crippen LogP contribution in [0.5, 0.6) is 0 Å². The lowest BCUT2D eigenvalue weighted by Crippen LogP contribution is -2.30. The highest BCUT2D eigenvalue weighted by Crippen LogP contribution is 2.17. The molecule has 0 radical (unpaired) electrons. The van der Waals surface area contributed by atoms with Crippen molar-refractivity contribution in [3.05, 3.63) is 72.9 Å². The molecule has 0 aliphatic rings. The summed E-state index contributed by atoms with van der Waals surface area (Å²) in [5, 5.41) is 0. The van der Waals surface area contributed by atoms with Crippen LogP contribution >= 0.6 is 0 Å². The highest BCUT2D eigenvalue weighted by atomic mass is 16.6. The highest BCUT2D eigenvalue weighted by Gasteiger charge is 2.19. The van der Waals surface area contributed by atoms with Crippen LogP contribution in [0.1, 0.15) is 310 Å². The predicted molar refractivity (Wildman–Crippen MR) is 311 cm³/mol. The van der Waals surface area contributed by atoms with Crippen LogP contribution in [0.2, 0.25) is 0 Å². The second kappa shape index (κ2) is 60.4. The number of allylic oxidation sites excluding steroid dienone is 12. The minimum absolute atomic E-state index is 0.0891. The lowest BCUT2D eigenvalue weighted by atomic mass is 10.0. The standard InChI is InChI=1S/C66H116O6/c1-4-7-10-13-16-19-22-24-26-28-30-32-34-35-37-39-41-44-47-50-53-56-59-65(68)71-62-63(61-70-64(67)58-55-52-49-46-43-21-18-15-12-9-6-3)72-66(69)60-57-54-51-48-45-42-40-38-36-33-31-29-27-25-23-20-17-14-11-8-5-2/h8,11,17,20,25,27,31,33,38,40,45,48,63H,4-7,9-10,12-16,18-19,21-24,26,28-30,32,34-37,39,41-44,46-47,49-62H2,1-3H3/b11-8-,20-17-,27-25-,33-31-,40-38-,48-45-. The minimum atomic E-state index is -0.796. The molecule has 0 heterocycles. The molecule has 1 unspecified atom stereocenters. The molecule has 0 aromatic rings. The van der Waals surface area contributed by atoms with Gasteiger partial charge < -0.3 is 14.2 Å². The summed E-state index contributed by atoms with van der Waals surface area (Å²) in [5.74, 6) is -0.919. The zero-order valence-electron chi connectivity index (χ0n) is 47.7. The van der Waals surface area contributed by atoms with Crippen LogP contribution in [0.3, 0.4) is 0 Å². The van der Waals surface area contributed by atoms with E-state index in [0.29, 0.717) is 19.3 Å². The van der Waals surface area contributed by atoms with E-state index in [4.69, 9.17) is 14.2 Å². The molecule has 0 saturated carbocycles. The summed E-state index contributed by atoms with van der Waals surface area (Å²) in [6.07, 6.45) is 77.7. The van der Waals surface area contributed by atoms with Crippen molar-refractivity contribution in [1.29, 1.82) is 0 Å². The zero-order valence-corrected chi connectivity index (χ0v) is 47.7. The van der Waals surface area contributed by atoms with Gasteiger partial charge in [-0.1, -0.05) is 293 Å². The summed E-state index contributed by atoms with van der Waals surface area (Å²) < 4.78 is 16.9. The average molecular weight is 1010 g/mol. The maximum Gasteiger partial charge on any atom is 0.306 e. The van der Waals surface area contributed by atoms with E-state index >= 15 is 0 Å². The van der Waals surface area contributed by atoms with E-state index in [9.17, 15) is 14.4 Å². The molecule has 0 aromatic carbocycles. The minimum Gasteiger partial charge on any atom is -0.462 e. The van der Waals surface area contributed by atoms with Gasteiger partial charge in [-0.3, -0.25) is 14.4 Å². The second-order valence-electron chi connectivity index (χ2n) is 20.6. The van der Waals surface area contributed by atoms with Gasteiger partial charge in [0.25, 0.3) is 0 Å². The van der Waals surface area contributed by atoms with E-state index in [1.165, 1.54) is 173 Å². The molecular weight excluding hydrogens is 889 g/mol. The van der Waals surface area contributed by atoms with Crippen LogP contribution in [0.15, 0.2) is 72.9 Å². The molecule has 416 valence electrons. The number of ether oxygens (including phenoxy) is 3. The summed E-state index contributed by atoms with van der Waals surface area (Å²) in [7, 11) is 0. The van der Waals surface area contributed by atoms with Crippen molar-refractivity contribution in [2.45, 2.75) is 316 Å². The van der Waals surface area contributed by atoms with E-state index in [-0.39, 0.29) is 37.5 Å². The van der Waals surface area contributed by atoms with Crippen LogP contribution in [-0.4, -0.2) is 37.2 Å². The van der Waals surface area contributed by atoms with Crippen LogP contribution in [0.4, 0.5) is 0 Å². The van der Waals surface area contributed by atoms with Gasteiger partial charge in [-0.05, 0) is 70.6 Å². The first-order valence-corrected chi connectivity index (χ1v) is 30.9. The number of esters is 3. The lowest BCUT2D eigenvalue weighted by Gasteiger charge is -2.18. The molecule has 0 fully saturated rings. The van der Waals surface area contributed by atoms with Gasteiger partial charge in [0.05, 0.1) is 0 Å². The third-order valence-corrected chi connectivity index (χ3v) is 13.5. The van der Waals surface area contributed by atoms with Gasteiger partial charge in [-0.25, -0.2) is 0 Å². The van der Waals surface area contributed by atoms with Crippen LogP contribution in [0.25, 0.3) is 0 Å². The topological polar surface area (TPSA) is 78.9 Å². The molecular formula is C66H116O6. The maximum atomic E-state index is 12.9. The molecule has 0 N–H and O–H groups in total. The van der Waals surface area contributed by atoms with Crippen molar-refractivity contribution in [3.63, 3.8) is 0 Å². The third-order valence-electron chi connectivity index (χ3n) is 13.5. The number of rotatable bonds is 56. The van der Waals surface area contributed by atoms with Crippen molar-refractivity contribution in [2.24, 2.45) is 0 Å². The monoisotopic (exact) mass is 1000 g/mol. The molecule has 1 atom stereocenters. The highest BCUT2D eigenvalue weighted by molar-refractivity contribution is 5.71. The van der Waals surface area contributed by atoms with E-state index in [0.717, 1.165) is 89.9 Å². The molecule has 0 aromatic heterocycles. The average Bonchev–Trinajstić information content (AvgIpc) is 3.38. The van der Waals surface area contributed by atoms with Gasteiger partial charge in [0, 0.05) is 19.3 Å². The Hall–Kier alpha value is -3.15. The normalized spacial score (nSPS) is 12.5. The molecule has 0 spiro atoms. The summed E-state index contributed by atoms with van der Waals surface area (Å²) >= 11 is 0. The van der Waals surface area contributed by atoms with Gasteiger partial charge in [-0.2, -0.15) is 0 Å². The van der Waals surface area contributed by atoms with E-state index < -0.39 is 6.10 Å². The first-order valence-electron chi connectivity index (χ1n) is 30.9. The Morgan fingerprint density at radius 1 is 0.292 bits per heavy atom. The maximum absolute atomic E-state index is 12.9. The molecule has 0 aliphatic heterocycles. The van der Waals surface area contributed by atoms with Crippen molar-refractivity contribution in [1.82, 2.24) is 0 Å². The lowest BCUT2D eigenvalue weighted by molar-refractivity contribution is -0.167. The molecule has 0 aliphatic carbocycles. The van der Waals surface area contributed by atoms with Crippen LogP contribution < -0.4 is 0 Å². The third kappa shape index (κ3) is 57.7. The fourth-order valence-corrected chi connectivity index (χ4v) is 8.86. The summed E-state index contributed by atoms with van der Waals surface area (Å²) in [6, 6.07) is 0. The van der Waals surface area contributed by atoms with Gasteiger partial charge in [0.2, 0.25) is 0 Å². The molecule has 72 heavy (non-hydrogen) atoms. The number of hydrogen-bond acceptors (Lipinski definition) is 6. The Bertz CT molecular complexity index is 1340. The summed E-state index contributed by atoms with van der Waals surface area (Å²) in [4.78, 5) is 38.2. The first kappa shape index (κ1) is 68.8. The molecule has 0 bridgehead atoms. The fraction of sp³-hybridized carbons (Fsp3) is 0.773. The van der Waals surface area contributed by atoms with Gasteiger partial charge in [0.15, 0.2) is 6.10 Å². The number of unbranched alkanes of at least 4 members (excludes halogenated alkanes) is 33. The molecule has 0 rings (SSSR count). The van der Waals surface area contributed by atoms with E-state index in [1.807, 2.05) is 0 Å². The Morgan fingerprint density at radius 3 is 0.847 bits per heavy atom. The Kier molecular flexibility index (Phi) is 57.8. The smallest absolute Gasteiger partial charge is 0.306 e. The van der Waals surface area contributed by atoms with Crippen molar-refractivity contribution < 1.29 is 28.6 Å². The van der Waals surface area contributed by atoms with Crippen LogP contribution in [0, 0.1) is 0 Å². The van der Waals surface area contributed by atoms with Crippen molar-refractivity contribution >= 4 is 17.9 Å². The van der Waals surface area contributed by atoms with Crippen LogP contribution in [-0.2, 0) is 28.6 Å². The van der Waals surface area contributed by atoms with Gasteiger partial charge >= 0.3 is 17.9 Å². The first-order chi connectivity index (χ1) is 35.5. The fourth-order valence-electron chi connectivity index (χ4n) is 8.86. The van der Waals surface area contributed by atoms with Gasteiger partial charge in [-0.15, -0.1) is 0 Å². The second-order valence-corrected chi connectivity index (χ2v) is 20.6. The molecule has 0 amide bonds. The quantitative estimate of drug-likeness (QED) is 0.0261. The SMILES string of the molecule is CC/C=C\C/C=C\C/C=C\C/C=C\C/C=C\C/C=C\CCCCC(=O)OC(COC(=O)CCCCCCCCCCCCC)COC(=O)CCCCCCCCCCCCCCCCCCCCCCCC. The Labute approximate surface area is 446 Å². The van der Waals surface area contributed by atoms with Gasteiger partial charge in [0.1, 0.15) is 13.2 Å². The van der Waals surface area contributed by atoms with Crippen molar-refractivity contribution in [2.75, 3.05) is 13.2 Å². The van der Waals surface area contributed by atoms with E-state index in [1.54, 1.807) is 0 Å².